The quantitative estimate of drug-likeness (QED) is 0.860. The number of nitrogen functional groups attached to an aromatic ring is 1. The summed E-state index contributed by atoms with van der Waals surface area (Å²) in [4.78, 5) is 10.1. The zero-order chi connectivity index (χ0) is 13.0. The summed E-state index contributed by atoms with van der Waals surface area (Å²) >= 11 is 5.84. The summed E-state index contributed by atoms with van der Waals surface area (Å²) in [5.41, 5.74) is 7.64. The Kier molecular flexibility index (Phi) is 4.12. The lowest BCUT2D eigenvalue weighted by molar-refractivity contribution is 0.315. The van der Waals surface area contributed by atoms with Crippen LogP contribution < -0.4 is 5.73 Å². The first-order chi connectivity index (χ1) is 8.63. The summed E-state index contributed by atoms with van der Waals surface area (Å²) in [6.45, 7) is 1.53. The van der Waals surface area contributed by atoms with Gasteiger partial charge in [-0.25, -0.2) is 9.97 Å². The zero-order valence-electron chi connectivity index (χ0n) is 10.2. The molecule has 1 aromatic heterocycles. The molecular formula is C13H15ClN4. The third kappa shape index (κ3) is 3.68. The van der Waals surface area contributed by atoms with E-state index in [0.717, 1.165) is 12.2 Å². The second-order valence-electron chi connectivity index (χ2n) is 4.20. The van der Waals surface area contributed by atoms with Crippen LogP contribution in [0.4, 0.5) is 5.95 Å². The van der Waals surface area contributed by atoms with Crippen molar-refractivity contribution < 1.29 is 0 Å². The van der Waals surface area contributed by atoms with Crippen molar-refractivity contribution >= 4 is 17.5 Å². The Balaban J connectivity index is 2.01. The van der Waals surface area contributed by atoms with E-state index in [9.17, 15) is 0 Å². The van der Waals surface area contributed by atoms with Crippen molar-refractivity contribution in [2.24, 2.45) is 0 Å². The fraction of sp³-hybridized carbons (Fsp3) is 0.231. The number of hydrogen-bond acceptors (Lipinski definition) is 4. The molecular weight excluding hydrogens is 248 g/mol. The molecule has 2 aromatic rings. The lowest BCUT2D eigenvalue weighted by Gasteiger charge is -2.16. The van der Waals surface area contributed by atoms with Crippen molar-refractivity contribution in [3.05, 3.63) is 52.8 Å². The van der Waals surface area contributed by atoms with Crippen LogP contribution in [0.1, 0.15) is 11.3 Å². The van der Waals surface area contributed by atoms with Crippen molar-refractivity contribution in [3.63, 3.8) is 0 Å². The first-order valence-electron chi connectivity index (χ1n) is 5.65. The van der Waals surface area contributed by atoms with Gasteiger partial charge in [-0.15, -0.1) is 0 Å². The molecule has 94 valence electrons. The van der Waals surface area contributed by atoms with Crippen LogP contribution in [-0.2, 0) is 13.1 Å². The van der Waals surface area contributed by atoms with E-state index in [-0.39, 0.29) is 5.95 Å². The summed E-state index contributed by atoms with van der Waals surface area (Å²) in [5, 5.41) is 0.380. The number of hydrogen-bond donors (Lipinski definition) is 1. The van der Waals surface area contributed by atoms with Gasteiger partial charge in [-0.05, 0) is 18.7 Å². The molecule has 2 rings (SSSR count). The van der Waals surface area contributed by atoms with Crippen molar-refractivity contribution in [3.8, 4) is 0 Å². The molecule has 5 heteroatoms. The van der Waals surface area contributed by atoms with Crippen LogP contribution in [0, 0.1) is 0 Å². The predicted octanol–water partition coefficient (Wildman–Crippen LogP) is 2.34. The molecule has 2 N–H and O–H groups in total. The van der Waals surface area contributed by atoms with Gasteiger partial charge in [-0.3, -0.25) is 4.90 Å². The molecule has 0 radical (unpaired) electrons. The number of nitrogens with two attached hydrogens (primary N) is 1. The van der Waals surface area contributed by atoms with Gasteiger partial charge in [0.1, 0.15) is 5.15 Å². The van der Waals surface area contributed by atoms with Crippen molar-refractivity contribution in [2.45, 2.75) is 13.1 Å². The number of halogens is 1. The van der Waals surface area contributed by atoms with Crippen molar-refractivity contribution in [1.29, 1.82) is 0 Å². The Hall–Kier alpha value is -1.65. The molecule has 0 bridgehead atoms. The van der Waals surface area contributed by atoms with E-state index in [0.29, 0.717) is 11.7 Å². The minimum atomic E-state index is 0.214. The Morgan fingerprint density at radius 3 is 2.56 bits per heavy atom. The Morgan fingerprint density at radius 1 is 1.17 bits per heavy atom. The maximum Gasteiger partial charge on any atom is 0.221 e. The van der Waals surface area contributed by atoms with Crippen LogP contribution in [0.5, 0.6) is 0 Å². The molecule has 0 unspecified atom stereocenters. The molecule has 18 heavy (non-hydrogen) atoms. The van der Waals surface area contributed by atoms with E-state index in [4.69, 9.17) is 17.3 Å². The molecule has 1 heterocycles. The van der Waals surface area contributed by atoms with Gasteiger partial charge >= 0.3 is 0 Å². The van der Waals surface area contributed by atoms with E-state index >= 15 is 0 Å². The van der Waals surface area contributed by atoms with Crippen molar-refractivity contribution in [2.75, 3.05) is 12.8 Å². The topological polar surface area (TPSA) is 55.0 Å². The van der Waals surface area contributed by atoms with Gasteiger partial charge in [0, 0.05) is 13.1 Å². The fourth-order valence-electron chi connectivity index (χ4n) is 1.79. The Morgan fingerprint density at radius 2 is 1.89 bits per heavy atom. The number of rotatable bonds is 4. The summed E-state index contributed by atoms with van der Waals surface area (Å²) in [5.74, 6) is 0.214. The first kappa shape index (κ1) is 12.8. The Bertz CT molecular complexity index is 495. The standard InChI is InChI=1S/C13H15ClN4/c1-18(8-10-5-3-2-4-6-10)9-11-7-12(14)17-13(15)16-11/h2-7H,8-9H2,1H3,(H2,15,16,17). The molecule has 0 fully saturated rings. The zero-order valence-corrected chi connectivity index (χ0v) is 10.9. The van der Waals surface area contributed by atoms with E-state index in [1.165, 1.54) is 5.56 Å². The number of anilines is 1. The third-order valence-electron chi connectivity index (χ3n) is 2.49. The number of nitrogens with zero attached hydrogens (tertiary/aromatic N) is 3. The molecule has 0 aliphatic rings. The lowest BCUT2D eigenvalue weighted by atomic mass is 10.2. The molecule has 4 nitrogen and oxygen atoms in total. The van der Waals surface area contributed by atoms with Gasteiger partial charge in [0.15, 0.2) is 0 Å². The SMILES string of the molecule is CN(Cc1ccccc1)Cc1cc(Cl)nc(N)n1. The molecule has 1 aromatic carbocycles. The normalized spacial score (nSPS) is 10.8. The highest BCUT2D eigenvalue weighted by molar-refractivity contribution is 6.29. The second-order valence-corrected chi connectivity index (χ2v) is 4.59. The van der Waals surface area contributed by atoms with Crippen LogP contribution in [-0.4, -0.2) is 21.9 Å². The highest BCUT2D eigenvalue weighted by atomic mass is 35.5. The molecule has 0 saturated heterocycles. The minimum Gasteiger partial charge on any atom is -0.368 e. The summed E-state index contributed by atoms with van der Waals surface area (Å²) in [7, 11) is 2.03. The maximum absolute atomic E-state index is 5.84. The average molecular weight is 263 g/mol. The fourth-order valence-corrected chi connectivity index (χ4v) is 2.00. The molecule has 0 saturated carbocycles. The smallest absolute Gasteiger partial charge is 0.221 e. The third-order valence-corrected chi connectivity index (χ3v) is 2.69. The van der Waals surface area contributed by atoms with Gasteiger partial charge in [0.2, 0.25) is 5.95 Å². The largest absolute Gasteiger partial charge is 0.368 e. The minimum absolute atomic E-state index is 0.214. The monoisotopic (exact) mass is 262 g/mol. The van der Waals surface area contributed by atoms with E-state index < -0.39 is 0 Å². The summed E-state index contributed by atoms with van der Waals surface area (Å²) in [6, 6.07) is 12.0. The predicted molar refractivity (Wildman–Crippen MR) is 73.1 cm³/mol. The highest BCUT2D eigenvalue weighted by Crippen LogP contribution is 2.11. The number of aromatic nitrogens is 2. The Labute approximate surface area is 111 Å². The van der Waals surface area contributed by atoms with E-state index in [1.807, 2.05) is 25.2 Å². The molecule has 0 aliphatic carbocycles. The van der Waals surface area contributed by atoms with Gasteiger partial charge < -0.3 is 5.73 Å². The molecule has 0 atom stereocenters. The second kappa shape index (κ2) is 5.80. The molecule has 0 aliphatic heterocycles. The summed E-state index contributed by atoms with van der Waals surface area (Å²) < 4.78 is 0. The van der Waals surface area contributed by atoms with Crippen molar-refractivity contribution in [1.82, 2.24) is 14.9 Å². The van der Waals surface area contributed by atoms with Gasteiger partial charge in [-0.2, -0.15) is 0 Å². The lowest BCUT2D eigenvalue weighted by Crippen LogP contribution is -2.18. The van der Waals surface area contributed by atoms with Crippen LogP contribution in [0.2, 0.25) is 5.15 Å². The van der Waals surface area contributed by atoms with Crippen LogP contribution in [0.25, 0.3) is 0 Å². The van der Waals surface area contributed by atoms with Gasteiger partial charge in [-0.1, -0.05) is 41.9 Å². The maximum atomic E-state index is 5.84. The average Bonchev–Trinajstić information content (AvgIpc) is 2.28. The molecule has 0 spiro atoms. The molecule has 0 amide bonds. The van der Waals surface area contributed by atoms with Gasteiger partial charge in [0.05, 0.1) is 5.69 Å². The van der Waals surface area contributed by atoms with E-state index in [2.05, 4.69) is 27.0 Å². The van der Waals surface area contributed by atoms with Crippen LogP contribution in [0.3, 0.4) is 0 Å². The number of benzene rings is 1. The van der Waals surface area contributed by atoms with Crippen LogP contribution >= 0.6 is 11.6 Å². The first-order valence-corrected chi connectivity index (χ1v) is 6.02. The van der Waals surface area contributed by atoms with E-state index in [1.54, 1.807) is 6.07 Å². The van der Waals surface area contributed by atoms with Crippen LogP contribution in [0.15, 0.2) is 36.4 Å². The summed E-state index contributed by atoms with van der Waals surface area (Å²) in [6.07, 6.45) is 0. The van der Waals surface area contributed by atoms with Gasteiger partial charge in [0.25, 0.3) is 0 Å². The highest BCUT2D eigenvalue weighted by Gasteiger charge is 2.05.